The molecule has 2 aliphatic heterocycles. The summed E-state index contributed by atoms with van der Waals surface area (Å²) in [5, 5.41) is 2.09. The summed E-state index contributed by atoms with van der Waals surface area (Å²) in [5.41, 5.74) is 2.25. The Morgan fingerprint density at radius 1 is 0.963 bits per heavy atom. The number of hydrogen-bond donors (Lipinski definition) is 0. The van der Waals surface area contributed by atoms with Crippen LogP contribution < -0.4 is 0 Å². The third kappa shape index (κ3) is 3.06. The molecule has 136 valence electrons. The molecule has 3 heteroatoms. The number of hydrogen-bond acceptors (Lipinski definition) is 3. The van der Waals surface area contributed by atoms with Gasteiger partial charge < -0.3 is 0 Å². The maximum Gasteiger partial charge on any atom is 0.166 e. The van der Waals surface area contributed by atoms with E-state index in [4.69, 9.17) is 0 Å². The lowest BCUT2D eigenvalue weighted by Gasteiger charge is -2.38. The highest BCUT2D eigenvalue weighted by atomic mass is 16.1. The minimum atomic E-state index is 0.147. The molecular weight excluding hydrogens is 332 g/mol. The number of ketones is 1. The van der Waals surface area contributed by atoms with Crippen LogP contribution in [0.4, 0.5) is 0 Å². The van der Waals surface area contributed by atoms with Gasteiger partial charge in [0.15, 0.2) is 5.78 Å². The van der Waals surface area contributed by atoms with Crippen molar-refractivity contribution in [3.63, 3.8) is 0 Å². The molecule has 0 saturated carbocycles. The molecule has 2 aromatic carbocycles. The lowest BCUT2D eigenvalue weighted by molar-refractivity contribution is 0.0679. The molecule has 0 aliphatic carbocycles. The van der Waals surface area contributed by atoms with Gasteiger partial charge >= 0.3 is 0 Å². The second-order valence-electron chi connectivity index (χ2n) is 7.98. The number of pyridine rings is 1. The highest BCUT2D eigenvalue weighted by Gasteiger charge is 2.42. The number of piperidine rings is 1. The van der Waals surface area contributed by atoms with Crippen LogP contribution in [-0.4, -0.2) is 27.8 Å². The summed E-state index contributed by atoms with van der Waals surface area (Å²) >= 11 is 0. The van der Waals surface area contributed by atoms with Crippen molar-refractivity contribution < 1.29 is 4.79 Å². The highest BCUT2D eigenvalue weighted by molar-refractivity contribution is 6.09. The van der Waals surface area contributed by atoms with Gasteiger partial charge in [0.1, 0.15) is 0 Å². The van der Waals surface area contributed by atoms with Gasteiger partial charge in [0.2, 0.25) is 0 Å². The molecule has 3 aromatic rings. The van der Waals surface area contributed by atoms with Gasteiger partial charge in [0.25, 0.3) is 0 Å². The van der Waals surface area contributed by atoms with Crippen LogP contribution >= 0.6 is 0 Å². The molecule has 0 amide bonds. The van der Waals surface area contributed by atoms with E-state index in [0.29, 0.717) is 17.9 Å². The average Bonchev–Trinajstić information content (AvgIpc) is 2.95. The van der Waals surface area contributed by atoms with Crippen LogP contribution in [0.15, 0.2) is 67.0 Å². The molecule has 5 rings (SSSR count). The topological polar surface area (TPSA) is 33.2 Å². The van der Waals surface area contributed by atoms with Crippen LogP contribution in [0.25, 0.3) is 10.8 Å². The largest absolute Gasteiger partial charge is 0.294 e. The molecular formula is C24H24N2O. The van der Waals surface area contributed by atoms with E-state index in [9.17, 15) is 4.79 Å². The van der Waals surface area contributed by atoms with E-state index >= 15 is 0 Å². The number of rotatable bonds is 4. The van der Waals surface area contributed by atoms with Crippen molar-refractivity contribution in [1.82, 2.24) is 9.88 Å². The Hall–Kier alpha value is -2.52. The molecule has 2 aliphatic rings. The second-order valence-corrected chi connectivity index (χ2v) is 7.98. The lowest BCUT2D eigenvalue weighted by Crippen LogP contribution is -2.44. The van der Waals surface area contributed by atoms with Gasteiger partial charge in [-0.25, -0.2) is 0 Å². The molecule has 0 spiro atoms. The Balaban J connectivity index is 1.37. The molecule has 1 aromatic heterocycles. The number of nitrogens with zero attached hydrogens (tertiary/aromatic N) is 2. The number of fused-ring (bicyclic) bond motifs is 3. The Kier molecular flexibility index (Phi) is 4.25. The van der Waals surface area contributed by atoms with Crippen LogP contribution in [0.1, 0.15) is 41.6 Å². The maximum absolute atomic E-state index is 13.4. The van der Waals surface area contributed by atoms with E-state index < -0.39 is 0 Å². The lowest BCUT2D eigenvalue weighted by atomic mass is 9.83. The summed E-state index contributed by atoms with van der Waals surface area (Å²) in [6, 6.07) is 19.8. The molecule has 0 N–H and O–H groups in total. The van der Waals surface area contributed by atoms with E-state index in [1.54, 1.807) is 6.20 Å². The molecule has 2 bridgehead atoms. The smallest absolute Gasteiger partial charge is 0.166 e. The standard InChI is InChI=1S/C24H24N2O/c27-24(23-8-4-7-18-15-25-12-11-22(18)23)19-13-20-9-10-21(14-19)26(20)16-17-5-2-1-3-6-17/h1-8,11-12,15,19-21H,9-10,13-14,16H2. The molecule has 3 nitrogen and oxygen atoms in total. The van der Waals surface area contributed by atoms with Crippen molar-refractivity contribution in [3.05, 3.63) is 78.1 Å². The van der Waals surface area contributed by atoms with Gasteiger partial charge in [-0.3, -0.25) is 14.7 Å². The molecule has 0 radical (unpaired) electrons. The number of aromatic nitrogens is 1. The van der Waals surface area contributed by atoms with Gasteiger partial charge in [-0.15, -0.1) is 0 Å². The van der Waals surface area contributed by atoms with Gasteiger partial charge in [0.05, 0.1) is 0 Å². The molecule has 2 fully saturated rings. The third-order valence-electron chi connectivity index (χ3n) is 6.41. The van der Waals surface area contributed by atoms with Gasteiger partial charge in [0, 0.05) is 47.9 Å². The van der Waals surface area contributed by atoms with Crippen molar-refractivity contribution >= 4 is 16.6 Å². The van der Waals surface area contributed by atoms with Crippen molar-refractivity contribution in [2.24, 2.45) is 5.92 Å². The molecule has 3 heterocycles. The Bertz CT molecular complexity index is 949. The van der Waals surface area contributed by atoms with E-state index in [0.717, 1.165) is 35.7 Å². The first-order chi connectivity index (χ1) is 13.3. The summed E-state index contributed by atoms with van der Waals surface area (Å²) in [6.07, 6.45) is 8.05. The fourth-order valence-corrected chi connectivity index (χ4v) is 5.10. The summed E-state index contributed by atoms with van der Waals surface area (Å²) in [5.74, 6) is 0.469. The van der Waals surface area contributed by atoms with Gasteiger partial charge in [-0.1, -0.05) is 48.5 Å². The summed E-state index contributed by atoms with van der Waals surface area (Å²) in [4.78, 5) is 20.2. The minimum Gasteiger partial charge on any atom is -0.294 e. The van der Waals surface area contributed by atoms with E-state index in [2.05, 4.69) is 40.2 Å². The number of carbonyl (C=O) groups excluding carboxylic acids is 1. The van der Waals surface area contributed by atoms with Crippen LogP contribution in [-0.2, 0) is 6.54 Å². The number of benzene rings is 2. The normalized spacial score (nSPS) is 25.0. The van der Waals surface area contributed by atoms with Crippen molar-refractivity contribution in [2.45, 2.75) is 44.3 Å². The number of carbonyl (C=O) groups is 1. The van der Waals surface area contributed by atoms with Gasteiger partial charge in [-0.05, 0) is 42.7 Å². The van der Waals surface area contributed by atoms with Crippen molar-refractivity contribution in [2.75, 3.05) is 0 Å². The average molecular weight is 356 g/mol. The van der Waals surface area contributed by atoms with Crippen LogP contribution in [0, 0.1) is 5.92 Å². The van der Waals surface area contributed by atoms with Crippen molar-refractivity contribution in [3.8, 4) is 0 Å². The summed E-state index contributed by atoms with van der Waals surface area (Å²) in [7, 11) is 0. The predicted octanol–water partition coefficient (Wildman–Crippen LogP) is 4.86. The SMILES string of the molecule is O=C(c1cccc2cnccc12)C1CC2CCC(C1)N2Cc1ccccc1. The molecule has 2 atom stereocenters. The second kappa shape index (κ2) is 6.90. The Labute approximate surface area is 160 Å². The minimum absolute atomic E-state index is 0.147. The first-order valence-corrected chi connectivity index (χ1v) is 9.96. The first kappa shape index (κ1) is 16.6. The zero-order valence-corrected chi connectivity index (χ0v) is 15.4. The molecule has 2 unspecified atom stereocenters. The molecule has 27 heavy (non-hydrogen) atoms. The quantitative estimate of drug-likeness (QED) is 0.626. The zero-order valence-electron chi connectivity index (χ0n) is 15.4. The first-order valence-electron chi connectivity index (χ1n) is 9.96. The van der Waals surface area contributed by atoms with E-state index in [1.165, 1.54) is 18.4 Å². The van der Waals surface area contributed by atoms with Crippen LogP contribution in [0.3, 0.4) is 0 Å². The fourth-order valence-electron chi connectivity index (χ4n) is 5.10. The highest BCUT2D eigenvalue weighted by Crippen LogP contribution is 2.41. The van der Waals surface area contributed by atoms with Crippen molar-refractivity contribution in [1.29, 1.82) is 0 Å². The van der Waals surface area contributed by atoms with E-state index in [-0.39, 0.29) is 5.92 Å². The van der Waals surface area contributed by atoms with E-state index in [1.807, 2.05) is 30.5 Å². The maximum atomic E-state index is 13.4. The summed E-state index contributed by atoms with van der Waals surface area (Å²) in [6.45, 7) is 1.01. The van der Waals surface area contributed by atoms with Crippen LogP contribution in [0.5, 0.6) is 0 Å². The predicted molar refractivity (Wildman–Crippen MR) is 108 cm³/mol. The summed E-state index contributed by atoms with van der Waals surface area (Å²) < 4.78 is 0. The van der Waals surface area contributed by atoms with Gasteiger partial charge in [-0.2, -0.15) is 0 Å². The zero-order chi connectivity index (χ0) is 18.2. The Morgan fingerprint density at radius 2 is 1.74 bits per heavy atom. The Morgan fingerprint density at radius 3 is 2.52 bits per heavy atom. The fraction of sp³-hybridized carbons (Fsp3) is 0.333. The molecule has 2 saturated heterocycles. The number of Topliss-reactive ketones (excluding diaryl/α,β-unsaturated/α-hetero) is 1. The van der Waals surface area contributed by atoms with Crippen LogP contribution in [0.2, 0.25) is 0 Å². The third-order valence-corrected chi connectivity index (χ3v) is 6.41. The monoisotopic (exact) mass is 356 g/mol.